The smallest absolute Gasteiger partial charge is 0.226 e. The van der Waals surface area contributed by atoms with Crippen LogP contribution in [0.3, 0.4) is 0 Å². The Morgan fingerprint density at radius 3 is 2.67 bits per heavy atom. The number of nitrogens with one attached hydrogen (secondary N) is 1. The topological polar surface area (TPSA) is 69.0 Å². The van der Waals surface area contributed by atoms with Gasteiger partial charge < -0.3 is 10.1 Å². The Hall–Kier alpha value is -2.58. The van der Waals surface area contributed by atoms with Crippen molar-refractivity contribution in [2.45, 2.75) is 52.0 Å². The number of amides is 1. The van der Waals surface area contributed by atoms with Gasteiger partial charge in [0.05, 0.1) is 35.1 Å². The number of halogens is 1. The van der Waals surface area contributed by atoms with Crippen molar-refractivity contribution in [2.75, 3.05) is 19.8 Å². The predicted octanol–water partition coefficient (Wildman–Crippen LogP) is 5.04. The summed E-state index contributed by atoms with van der Waals surface area (Å²) in [5.41, 5.74) is 3.14. The molecule has 0 spiro atoms. The molecule has 1 saturated heterocycles. The van der Waals surface area contributed by atoms with Gasteiger partial charge in [-0.25, -0.2) is 9.37 Å². The highest BCUT2D eigenvalue weighted by molar-refractivity contribution is 7.13. The average molecular weight is 471 g/mol. The highest BCUT2D eigenvalue weighted by Gasteiger charge is 2.24. The van der Waals surface area contributed by atoms with Gasteiger partial charge in [-0.05, 0) is 70.2 Å². The van der Waals surface area contributed by atoms with Gasteiger partial charge in [0.2, 0.25) is 5.91 Å². The molecule has 1 N–H and O–H groups in total. The summed E-state index contributed by atoms with van der Waals surface area (Å²) in [6, 6.07) is 6.44. The normalized spacial score (nSPS) is 15.0. The molecule has 3 aromatic rings. The van der Waals surface area contributed by atoms with Crippen molar-refractivity contribution in [3.05, 3.63) is 47.4 Å². The van der Waals surface area contributed by atoms with Gasteiger partial charge in [-0.2, -0.15) is 5.10 Å². The van der Waals surface area contributed by atoms with E-state index in [4.69, 9.17) is 9.72 Å². The summed E-state index contributed by atoms with van der Waals surface area (Å²) in [7, 11) is 0. The number of thiazole rings is 1. The van der Waals surface area contributed by atoms with Gasteiger partial charge in [0.25, 0.3) is 0 Å². The summed E-state index contributed by atoms with van der Waals surface area (Å²) in [5, 5.41) is 10.4. The fraction of sp³-hybridized carbons (Fsp3) is 0.480. The molecular weight excluding hydrogens is 439 g/mol. The highest BCUT2D eigenvalue weighted by Crippen LogP contribution is 2.36. The third kappa shape index (κ3) is 5.86. The van der Waals surface area contributed by atoms with Crippen molar-refractivity contribution in [3.8, 4) is 21.8 Å². The molecule has 1 aromatic carbocycles. The van der Waals surface area contributed by atoms with E-state index in [1.165, 1.54) is 23.5 Å². The van der Waals surface area contributed by atoms with Crippen molar-refractivity contribution in [1.29, 1.82) is 0 Å². The van der Waals surface area contributed by atoms with Crippen LogP contribution in [0, 0.1) is 11.7 Å². The maximum absolute atomic E-state index is 13.5. The number of rotatable bonds is 7. The first-order chi connectivity index (χ1) is 15.8. The molecule has 6 nitrogen and oxygen atoms in total. The summed E-state index contributed by atoms with van der Waals surface area (Å²) in [6.07, 6.45) is 5.20. The predicted molar refractivity (Wildman–Crippen MR) is 129 cm³/mol. The van der Waals surface area contributed by atoms with Crippen LogP contribution in [0.15, 0.2) is 35.8 Å². The summed E-state index contributed by atoms with van der Waals surface area (Å²) >= 11 is 1.49. The minimum absolute atomic E-state index is 0.0111. The van der Waals surface area contributed by atoms with E-state index < -0.39 is 0 Å². The molecule has 1 aliphatic rings. The number of carbonyl (C=O) groups excluding carboxylic acids is 1. The summed E-state index contributed by atoms with van der Waals surface area (Å²) < 4.78 is 20.9. The molecule has 0 aliphatic carbocycles. The molecule has 1 amide bonds. The van der Waals surface area contributed by atoms with Crippen LogP contribution in [-0.4, -0.2) is 40.4 Å². The van der Waals surface area contributed by atoms with E-state index in [0.29, 0.717) is 12.5 Å². The van der Waals surface area contributed by atoms with Gasteiger partial charge >= 0.3 is 0 Å². The lowest BCUT2D eigenvalue weighted by Crippen LogP contribution is -2.28. The third-order valence-corrected chi connectivity index (χ3v) is 6.79. The van der Waals surface area contributed by atoms with E-state index in [9.17, 15) is 9.18 Å². The molecule has 8 heteroatoms. The molecule has 0 radical (unpaired) electrons. The van der Waals surface area contributed by atoms with Crippen LogP contribution in [0.5, 0.6) is 0 Å². The van der Waals surface area contributed by atoms with E-state index in [1.807, 2.05) is 10.1 Å². The van der Waals surface area contributed by atoms with Crippen molar-refractivity contribution in [2.24, 2.45) is 5.92 Å². The van der Waals surface area contributed by atoms with Crippen molar-refractivity contribution in [1.82, 2.24) is 20.1 Å². The molecule has 3 heterocycles. The van der Waals surface area contributed by atoms with Crippen LogP contribution < -0.4 is 5.32 Å². The molecule has 1 fully saturated rings. The van der Waals surface area contributed by atoms with E-state index in [0.717, 1.165) is 60.0 Å². The Balaban J connectivity index is 1.47. The number of nitrogens with zero attached hydrogens (tertiary/aromatic N) is 3. The number of aromatic nitrogens is 3. The fourth-order valence-electron chi connectivity index (χ4n) is 4.09. The summed E-state index contributed by atoms with van der Waals surface area (Å²) in [6.45, 7) is 8.57. The molecule has 1 aliphatic heterocycles. The van der Waals surface area contributed by atoms with Crippen LogP contribution in [0.2, 0.25) is 0 Å². The zero-order valence-corrected chi connectivity index (χ0v) is 20.3. The van der Waals surface area contributed by atoms with Crippen LogP contribution in [0.25, 0.3) is 21.8 Å². The summed E-state index contributed by atoms with van der Waals surface area (Å²) in [4.78, 5) is 17.2. The van der Waals surface area contributed by atoms with E-state index in [-0.39, 0.29) is 23.7 Å². The maximum atomic E-state index is 13.5. The van der Waals surface area contributed by atoms with Gasteiger partial charge in [-0.3, -0.25) is 9.48 Å². The Morgan fingerprint density at radius 1 is 1.24 bits per heavy atom. The molecule has 0 unspecified atom stereocenters. The number of hydrogen-bond acceptors (Lipinski definition) is 5. The first-order valence-corrected chi connectivity index (χ1v) is 12.3. The number of carbonyl (C=O) groups is 1. The van der Waals surface area contributed by atoms with Gasteiger partial charge in [0.15, 0.2) is 0 Å². The first kappa shape index (κ1) is 23.6. The summed E-state index contributed by atoms with van der Waals surface area (Å²) in [5.74, 6) is 0.346. The Bertz CT molecular complexity index is 1080. The molecule has 33 heavy (non-hydrogen) atoms. The SMILES string of the molecule is CC(C)(C)n1ncc(-c2nc(CC(=O)NCCC3CCOCC3)cs2)c1-c1ccc(F)cc1. The average Bonchev–Trinajstić information content (AvgIpc) is 3.42. The monoisotopic (exact) mass is 470 g/mol. The molecule has 2 aromatic heterocycles. The standard InChI is InChI=1S/C25H31FN4O2S/c1-25(2,3)30-23(18-4-6-19(26)7-5-18)21(15-28-30)24-29-20(16-33-24)14-22(31)27-11-8-17-9-12-32-13-10-17/h4-7,15-17H,8-14H2,1-3H3,(H,27,31). The lowest BCUT2D eigenvalue weighted by atomic mass is 9.97. The van der Waals surface area contributed by atoms with Crippen molar-refractivity contribution in [3.63, 3.8) is 0 Å². The minimum Gasteiger partial charge on any atom is -0.381 e. The molecule has 0 bridgehead atoms. The van der Waals surface area contributed by atoms with E-state index >= 15 is 0 Å². The minimum atomic E-state index is -0.276. The lowest BCUT2D eigenvalue weighted by Gasteiger charge is -2.23. The largest absolute Gasteiger partial charge is 0.381 e. The zero-order valence-electron chi connectivity index (χ0n) is 19.4. The van der Waals surface area contributed by atoms with Crippen LogP contribution in [0.1, 0.15) is 45.7 Å². The van der Waals surface area contributed by atoms with Gasteiger partial charge in [0, 0.05) is 30.7 Å². The second kappa shape index (κ2) is 10.1. The van der Waals surface area contributed by atoms with Crippen LogP contribution in [-0.2, 0) is 21.5 Å². The van der Waals surface area contributed by atoms with Crippen LogP contribution >= 0.6 is 11.3 Å². The first-order valence-electron chi connectivity index (χ1n) is 11.4. The van der Waals surface area contributed by atoms with Crippen molar-refractivity contribution >= 4 is 17.2 Å². The number of hydrogen-bond donors (Lipinski definition) is 1. The lowest BCUT2D eigenvalue weighted by molar-refractivity contribution is -0.120. The van der Waals surface area contributed by atoms with Gasteiger partial charge in [-0.1, -0.05) is 0 Å². The number of ether oxygens (including phenoxy) is 1. The van der Waals surface area contributed by atoms with Gasteiger partial charge in [0.1, 0.15) is 10.8 Å². The van der Waals surface area contributed by atoms with Gasteiger partial charge in [-0.15, -0.1) is 11.3 Å². The zero-order chi connectivity index (χ0) is 23.4. The highest BCUT2D eigenvalue weighted by atomic mass is 32.1. The Kier molecular flexibility index (Phi) is 7.24. The maximum Gasteiger partial charge on any atom is 0.226 e. The Labute approximate surface area is 198 Å². The fourth-order valence-corrected chi connectivity index (χ4v) is 4.92. The number of benzene rings is 1. The second-order valence-corrected chi connectivity index (χ2v) is 10.4. The molecule has 0 atom stereocenters. The van der Waals surface area contributed by atoms with E-state index in [1.54, 1.807) is 18.3 Å². The quantitative estimate of drug-likeness (QED) is 0.525. The van der Waals surface area contributed by atoms with Crippen molar-refractivity contribution < 1.29 is 13.9 Å². The molecule has 4 rings (SSSR count). The van der Waals surface area contributed by atoms with E-state index in [2.05, 4.69) is 31.2 Å². The second-order valence-electron chi connectivity index (χ2n) is 9.51. The molecule has 176 valence electrons. The molecule has 0 saturated carbocycles. The Morgan fingerprint density at radius 2 is 1.97 bits per heavy atom. The molecular formula is C25H31FN4O2S. The van der Waals surface area contributed by atoms with Crippen LogP contribution in [0.4, 0.5) is 4.39 Å². The third-order valence-electron chi connectivity index (χ3n) is 5.86.